The fraction of sp³-hybridized carbons (Fsp3) is 0.809. The van der Waals surface area contributed by atoms with Gasteiger partial charge in [0.05, 0.1) is 32.0 Å². The van der Waals surface area contributed by atoms with E-state index in [2.05, 4.69) is 79.9 Å². The minimum absolute atomic E-state index is 0.256. The van der Waals surface area contributed by atoms with Crippen LogP contribution in [0.4, 0.5) is 0 Å². The van der Waals surface area contributed by atoms with Gasteiger partial charge in [-0.1, -0.05) is 260 Å². The Kier molecular flexibility index (Phi) is 48.6. The van der Waals surface area contributed by atoms with Crippen LogP contribution < -0.4 is 5.32 Å². The van der Waals surface area contributed by atoms with Crippen LogP contribution >= 0.6 is 0 Å². The maximum absolute atomic E-state index is 13.3. The monoisotopic (exact) mass is 1160 g/mol. The first-order chi connectivity index (χ1) is 40.1. The van der Waals surface area contributed by atoms with Crippen molar-refractivity contribution in [2.24, 2.45) is 0 Å². The highest BCUT2D eigenvalue weighted by molar-refractivity contribution is 5.76. The van der Waals surface area contributed by atoms with Crippen molar-refractivity contribution in [2.45, 2.75) is 331 Å². The van der Waals surface area contributed by atoms with Gasteiger partial charge in [0.25, 0.3) is 0 Å². The minimum atomic E-state index is -1.79. The standard InChI is InChI=1S/C68H121NO13/c1-3-5-7-9-11-13-15-17-19-21-23-25-26-27-28-29-30-32-33-35-37-39-41-43-45-47-49-51-57(72)56(55-79-67-65(78)63(76)66(59(54-71)81-67)82-68-64(77)62(75)61(74)58(53-70)80-68)69-60(73)52-50-48-46-44-42-40-38-36-34-31-24-22-20-18-16-14-12-10-8-6-4-2/h6,8,12,14,18,20,24,31,36,38,49,51,56-59,61-68,70-72,74-78H,3-5,7,9-11,13,15-17,19,21-23,25-30,32-35,37,39-48,50,52-55H2,1-2H3,(H,69,73)/b8-6-,14-12-,20-18-,31-24-,38-36-,51-49+. The summed E-state index contributed by atoms with van der Waals surface area (Å²) < 4.78 is 22.8. The van der Waals surface area contributed by atoms with Gasteiger partial charge >= 0.3 is 0 Å². The summed E-state index contributed by atoms with van der Waals surface area (Å²) in [5.41, 5.74) is 0. The van der Waals surface area contributed by atoms with E-state index in [1.54, 1.807) is 6.08 Å². The molecular formula is C68H121NO13. The Hall–Kier alpha value is -2.57. The molecule has 2 heterocycles. The van der Waals surface area contributed by atoms with Crippen LogP contribution in [0.1, 0.15) is 258 Å². The molecular weight excluding hydrogens is 1040 g/mol. The third-order valence-electron chi connectivity index (χ3n) is 15.9. The van der Waals surface area contributed by atoms with E-state index in [1.807, 2.05) is 6.08 Å². The highest BCUT2D eigenvalue weighted by Gasteiger charge is 2.51. The number of allylic oxidation sites excluding steroid dienone is 11. The third kappa shape index (κ3) is 37.1. The van der Waals surface area contributed by atoms with Gasteiger partial charge in [-0.25, -0.2) is 0 Å². The molecule has 9 N–H and O–H groups in total. The van der Waals surface area contributed by atoms with Crippen molar-refractivity contribution in [2.75, 3.05) is 19.8 Å². The van der Waals surface area contributed by atoms with Crippen LogP contribution in [0.3, 0.4) is 0 Å². The van der Waals surface area contributed by atoms with Crippen LogP contribution in [0.25, 0.3) is 0 Å². The zero-order valence-corrected chi connectivity index (χ0v) is 51.5. The molecule has 0 radical (unpaired) electrons. The van der Waals surface area contributed by atoms with Gasteiger partial charge in [0.1, 0.15) is 48.8 Å². The fourth-order valence-electron chi connectivity index (χ4n) is 10.6. The van der Waals surface area contributed by atoms with E-state index in [0.717, 1.165) is 83.5 Å². The Balaban J connectivity index is 1.73. The Morgan fingerprint density at radius 2 is 0.841 bits per heavy atom. The molecule has 12 unspecified atom stereocenters. The number of carbonyl (C=O) groups is 1. The van der Waals surface area contributed by atoms with Crippen LogP contribution in [-0.2, 0) is 23.7 Å². The summed E-state index contributed by atoms with van der Waals surface area (Å²) in [6.45, 7) is 2.69. The van der Waals surface area contributed by atoms with E-state index in [1.165, 1.54) is 148 Å². The average molecular weight is 1160 g/mol. The maximum Gasteiger partial charge on any atom is 0.220 e. The van der Waals surface area contributed by atoms with Crippen LogP contribution in [0.5, 0.6) is 0 Å². The Morgan fingerprint density at radius 3 is 1.29 bits per heavy atom. The molecule has 0 aromatic heterocycles. The highest BCUT2D eigenvalue weighted by atomic mass is 16.7. The largest absolute Gasteiger partial charge is 0.394 e. The Bertz CT molecular complexity index is 1650. The summed E-state index contributed by atoms with van der Waals surface area (Å²) >= 11 is 0. The molecule has 1 amide bonds. The summed E-state index contributed by atoms with van der Waals surface area (Å²) in [5.74, 6) is -0.258. The van der Waals surface area contributed by atoms with E-state index in [9.17, 15) is 45.6 Å². The summed E-state index contributed by atoms with van der Waals surface area (Å²) in [6, 6.07) is -0.931. The highest BCUT2D eigenvalue weighted by Crippen LogP contribution is 2.30. The zero-order valence-electron chi connectivity index (χ0n) is 51.5. The fourth-order valence-corrected chi connectivity index (χ4v) is 10.6. The molecule has 2 aliphatic heterocycles. The molecule has 2 aliphatic rings. The molecule has 0 spiro atoms. The normalized spacial score (nSPS) is 24.4. The van der Waals surface area contributed by atoms with Gasteiger partial charge in [0.15, 0.2) is 12.6 Å². The average Bonchev–Trinajstić information content (AvgIpc) is 3.66. The number of aliphatic hydroxyl groups is 8. The van der Waals surface area contributed by atoms with Crippen molar-refractivity contribution < 1.29 is 64.6 Å². The van der Waals surface area contributed by atoms with Crippen LogP contribution in [0.15, 0.2) is 72.9 Å². The second kappa shape index (κ2) is 52.7. The van der Waals surface area contributed by atoms with Crippen molar-refractivity contribution in [3.63, 3.8) is 0 Å². The quantitative estimate of drug-likeness (QED) is 0.0204. The SMILES string of the molecule is CC/C=C\C/C=C\C/C=C\C/C=C\C/C=C\CCCCCCCC(=O)NC(COC1OC(CO)C(OC2OC(CO)C(O)C(O)C2O)C(O)C1O)C(O)/C=C/CCCCCCCCCCCCCCCCCCCCCCCCCCC. The van der Waals surface area contributed by atoms with Crippen LogP contribution in [0, 0.1) is 0 Å². The predicted molar refractivity (Wildman–Crippen MR) is 332 cm³/mol. The summed E-state index contributed by atoms with van der Waals surface area (Å²) in [6.07, 6.45) is 53.7. The number of amides is 1. The minimum Gasteiger partial charge on any atom is -0.394 e. The molecule has 14 heteroatoms. The van der Waals surface area contributed by atoms with E-state index in [0.29, 0.717) is 6.42 Å². The van der Waals surface area contributed by atoms with Gasteiger partial charge in [-0.15, -0.1) is 0 Å². The van der Waals surface area contributed by atoms with Crippen molar-refractivity contribution in [1.82, 2.24) is 5.32 Å². The topological polar surface area (TPSA) is 228 Å². The summed E-state index contributed by atoms with van der Waals surface area (Å²) in [7, 11) is 0. The van der Waals surface area contributed by atoms with Crippen molar-refractivity contribution in [1.29, 1.82) is 0 Å². The molecule has 82 heavy (non-hydrogen) atoms. The van der Waals surface area contributed by atoms with Gasteiger partial charge in [-0.05, 0) is 64.2 Å². The molecule has 0 aromatic carbocycles. The number of ether oxygens (including phenoxy) is 4. The second-order valence-electron chi connectivity index (χ2n) is 23.2. The van der Waals surface area contributed by atoms with E-state index in [4.69, 9.17) is 18.9 Å². The lowest BCUT2D eigenvalue weighted by Gasteiger charge is -2.46. The van der Waals surface area contributed by atoms with Crippen LogP contribution in [0.2, 0.25) is 0 Å². The molecule has 2 fully saturated rings. The summed E-state index contributed by atoms with van der Waals surface area (Å²) in [4.78, 5) is 13.3. The van der Waals surface area contributed by atoms with E-state index in [-0.39, 0.29) is 18.9 Å². The number of unbranched alkanes of at least 4 members (excludes halogenated alkanes) is 30. The molecule has 12 atom stereocenters. The smallest absolute Gasteiger partial charge is 0.220 e. The molecule has 2 saturated heterocycles. The summed E-state index contributed by atoms with van der Waals surface area (Å²) in [5, 5.41) is 87.3. The lowest BCUT2D eigenvalue weighted by molar-refractivity contribution is -0.359. The molecule has 14 nitrogen and oxygen atoms in total. The Morgan fingerprint density at radius 1 is 0.451 bits per heavy atom. The van der Waals surface area contributed by atoms with Crippen molar-refractivity contribution in [3.8, 4) is 0 Å². The van der Waals surface area contributed by atoms with E-state index >= 15 is 0 Å². The number of carbonyl (C=O) groups excluding carboxylic acids is 1. The van der Waals surface area contributed by atoms with Gasteiger partial charge in [0, 0.05) is 6.42 Å². The zero-order chi connectivity index (χ0) is 59.5. The molecule has 2 rings (SSSR count). The van der Waals surface area contributed by atoms with Crippen molar-refractivity contribution in [3.05, 3.63) is 72.9 Å². The van der Waals surface area contributed by atoms with Gasteiger partial charge in [-0.3, -0.25) is 4.79 Å². The molecule has 0 aromatic rings. The van der Waals surface area contributed by atoms with Gasteiger partial charge in [0.2, 0.25) is 5.91 Å². The van der Waals surface area contributed by atoms with Crippen LogP contribution in [-0.4, -0.2) is 140 Å². The lowest BCUT2D eigenvalue weighted by atomic mass is 9.97. The number of nitrogens with one attached hydrogen (secondary N) is 1. The molecule has 476 valence electrons. The number of aliphatic hydroxyl groups excluding tert-OH is 8. The predicted octanol–water partition coefficient (Wildman–Crippen LogP) is 12.7. The van der Waals surface area contributed by atoms with Gasteiger partial charge < -0.3 is 65.1 Å². The van der Waals surface area contributed by atoms with E-state index < -0.39 is 86.8 Å². The maximum atomic E-state index is 13.3. The lowest BCUT2D eigenvalue weighted by Crippen LogP contribution is -2.65. The van der Waals surface area contributed by atoms with Gasteiger partial charge in [-0.2, -0.15) is 0 Å². The number of hydrogen-bond donors (Lipinski definition) is 9. The first kappa shape index (κ1) is 75.5. The van der Waals surface area contributed by atoms with Crippen molar-refractivity contribution >= 4 is 5.91 Å². The first-order valence-corrected chi connectivity index (χ1v) is 33.2. The Labute approximate surface area is 498 Å². The third-order valence-corrected chi connectivity index (χ3v) is 15.9. The molecule has 0 aliphatic carbocycles. The number of rotatable bonds is 53. The molecule has 0 bridgehead atoms. The second-order valence-corrected chi connectivity index (χ2v) is 23.2. The number of hydrogen-bond acceptors (Lipinski definition) is 13. The molecule has 0 saturated carbocycles. The first-order valence-electron chi connectivity index (χ1n) is 33.2.